The van der Waals surface area contributed by atoms with Gasteiger partial charge in [0.05, 0.1) is 25.5 Å². The van der Waals surface area contributed by atoms with Crippen LogP contribution in [-0.4, -0.2) is 43.1 Å². The second-order valence-corrected chi connectivity index (χ2v) is 5.79. The fourth-order valence-corrected chi connectivity index (χ4v) is 3.13. The highest BCUT2D eigenvalue weighted by Gasteiger charge is 2.24. The first kappa shape index (κ1) is 16.3. The molecule has 2 heterocycles. The molecule has 126 valence electrons. The number of aromatic nitrogens is 1. The summed E-state index contributed by atoms with van der Waals surface area (Å²) in [5.41, 5.74) is 1.99. The summed E-state index contributed by atoms with van der Waals surface area (Å²) in [6.45, 7) is 1.62. The van der Waals surface area contributed by atoms with Crippen molar-refractivity contribution in [3.63, 3.8) is 0 Å². The minimum Gasteiger partial charge on any atom is -0.493 e. The molecule has 1 aliphatic heterocycles. The summed E-state index contributed by atoms with van der Waals surface area (Å²) < 4.78 is 10.9. The Morgan fingerprint density at radius 2 is 1.83 bits per heavy atom. The number of likely N-dealkylation sites (tertiary alicyclic amines) is 1. The Labute approximate surface area is 142 Å². The Balaban J connectivity index is 2.05. The van der Waals surface area contributed by atoms with Crippen LogP contribution in [-0.2, 0) is 0 Å². The highest BCUT2D eigenvalue weighted by molar-refractivity contribution is 6.00. The van der Waals surface area contributed by atoms with E-state index in [1.165, 1.54) is 6.42 Å². The number of pyridine rings is 1. The number of carbonyl (C=O) groups excluding carboxylic acids is 1. The van der Waals surface area contributed by atoms with Crippen molar-refractivity contribution in [2.24, 2.45) is 0 Å². The molecule has 1 saturated heterocycles. The standard InChI is InChI=1S/C19H22N2O3/c1-23-16-10-6-8-14(18(16)24-2)17-15(9-7-11-20-17)19(22)21-12-4-3-5-13-21/h6-11H,3-5,12-13H2,1-2H3. The average molecular weight is 326 g/mol. The van der Waals surface area contributed by atoms with Crippen molar-refractivity contribution in [2.75, 3.05) is 27.3 Å². The third kappa shape index (κ3) is 3.07. The lowest BCUT2D eigenvalue weighted by Gasteiger charge is -2.27. The number of hydrogen-bond acceptors (Lipinski definition) is 4. The van der Waals surface area contributed by atoms with E-state index < -0.39 is 0 Å². The van der Waals surface area contributed by atoms with E-state index in [4.69, 9.17) is 9.47 Å². The van der Waals surface area contributed by atoms with Crippen molar-refractivity contribution in [1.29, 1.82) is 0 Å². The van der Waals surface area contributed by atoms with Gasteiger partial charge in [0.15, 0.2) is 11.5 Å². The molecule has 24 heavy (non-hydrogen) atoms. The molecule has 5 heteroatoms. The number of carbonyl (C=O) groups is 1. The van der Waals surface area contributed by atoms with Crippen molar-refractivity contribution in [3.8, 4) is 22.8 Å². The Kier molecular flexibility index (Phi) is 4.99. The maximum absolute atomic E-state index is 13.0. The molecule has 0 unspecified atom stereocenters. The van der Waals surface area contributed by atoms with Gasteiger partial charge in [0.25, 0.3) is 5.91 Å². The number of rotatable bonds is 4. The number of ether oxygens (including phenoxy) is 2. The van der Waals surface area contributed by atoms with E-state index >= 15 is 0 Å². The first-order valence-electron chi connectivity index (χ1n) is 8.22. The van der Waals surface area contributed by atoms with E-state index in [9.17, 15) is 4.79 Å². The smallest absolute Gasteiger partial charge is 0.256 e. The SMILES string of the molecule is COc1cccc(-c2ncccc2C(=O)N2CCCCC2)c1OC. The summed E-state index contributed by atoms with van der Waals surface area (Å²) in [6.07, 6.45) is 5.00. The zero-order valence-electron chi connectivity index (χ0n) is 14.1. The molecule has 1 aliphatic rings. The average Bonchev–Trinajstić information content (AvgIpc) is 2.67. The molecule has 0 bridgehead atoms. The Hall–Kier alpha value is -2.56. The zero-order valence-corrected chi connectivity index (χ0v) is 14.1. The lowest BCUT2D eigenvalue weighted by molar-refractivity contribution is 0.0725. The van der Waals surface area contributed by atoms with Gasteiger partial charge in [-0.3, -0.25) is 9.78 Å². The fraction of sp³-hybridized carbons (Fsp3) is 0.368. The van der Waals surface area contributed by atoms with Crippen LogP contribution in [0.2, 0.25) is 0 Å². The van der Waals surface area contributed by atoms with Gasteiger partial charge in [0, 0.05) is 24.8 Å². The van der Waals surface area contributed by atoms with E-state index in [2.05, 4.69) is 4.98 Å². The topological polar surface area (TPSA) is 51.7 Å². The van der Waals surface area contributed by atoms with Crippen molar-refractivity contribution in [3.05, 3.63) is 42.1 Å². The first-order chi connectivity index (χ1) is 11.8. The van der Waals surface area contributed by atoms with Gasteiger partial charge in [0.2, 0.25) is 0 Å². The van der Waals surface area contributed by atoms with E-state index in [-0.39, 0.29) is 5.91 Å². The maximum atomic E-state index is 13.0. The molecule has 1 amide bonds. The molecule has 0 aliphatic carbocycles. The van der Waals surface area contributed by atoms with Gasteiger partial charge in [0.1, 0.15) is 0 Å². The second kappa shape index (κ2) is 7.34. The summed E-state index contributed by atoms with van der Waals surface area (Å²) in [5.74, 6) is 1.24. The summed E-state index contributed by atoms with van der Waals surface area (Å²) in [7, 11) is 3.19. The van der Waals surface area contributed by atoms with E-state index in [1.54, 1.807) is 26.5 Å². The molecule has 3 rings (SSSR count). The minimum atomic E-state index is 0.0303. The van der Waals surface area contributed by atoms with Gasteiger partial charge in [-0.15, -0.1) is 0 Å². The molecule has 0 N–H and O–H groups in total. The quantitative estimate of drug-likeness (QED) is 0.864. The molecule has 2 aromatic rings. The van der Waals surface area contributed by atoms with Gasteiger partial charge in [-0.05, 0) is 43.5 Å². The van der Waals surface area contributed by atoms with Crippen LogP contribution in [0.1, 0.15) is 29.6 Å². The number of benzene rings is 1. The Bertz CT molecular complexity index is 724. The largest absolute Gasteiger partial charge is 0.493 e. The van der Waals surface area contributed by atoms with Crippen LogP contribution in [0.25, 0.3) is 11.3 Å². The van der Waals surface area contributed by atoms with Crippen LogP contribution in [0.15, 0.2) is 36.5 Å². The molecule has 0 radical (unpaired) electrons. The molecule has 0 saturated carbocycles. The van der Waals surface area contributed by atoms with Gasteiger partial charge in [-0.25, -0.2) is 0 Å². The number of para-hydroxylation sites is 1. The number of nitrogens with zero attached hydrogens (tertiary/aromatic N) is 2. The predicted octanol–water partition coefficient (Wildman–Crippen LogP) is 3.39. The van der Waals surface area contributed by atoms with E-state index in [1.807, 2.05) is 29.2 Å². The van der Waals surface area contributed by atoms with E-state index in [0.29, 0.717) is 22.8 Å². The third-order valence-electron chi connectivity index (χ3n) is 4.34. The summed E-state index contributed by atoms with van der Waals surface area (Å²) in [5, 5.41) is 0. The van der Waals surface area contributed by atoms with Crippen LogP contribution in [0.5, 0.6) is 11.5 Å². The zero-order chi connectivity index (χ0) is 16.9. The molecule has 5 nitrogen and oxygen atoms in total. The number of hydrogen-bond donors (Lipinski definition) is 0. The molecule has 1 aromatic heterocycles. The van der Waals surface area contributed by atoms with Crippen LogP contribution in [0.3, 0.4) is 0 Å². The summed E-state index contributed by atoms with van der Waals surface area (Å²) in [4.78, 5) is 19.3. The highest BCUT2D eigenvalue weighted by atomic mass is 16.5. The second-order valence-electron chi connectivity index (χ2n) is 5.79. The van der Waals surface area contributed by atoms with Crippen LogP contribution in [0.4, 0.5) is 0 Å². The minimum absolute atomic E-state index is 0.0303. The van der Waals surface area contributed by atoms with Crippen molar-refractivity contribution < 1.29 is 14.3 Å². The normalized spacial score (nSPS) is 14.3. The molecule has 0 atom stereocenters. The third-order valence-corrected chi connectivity index (χ3v) is 4.34. The van der Waals surface area contributed by atoms with Crippen LogP contribution in [0, 0.1) is 0 Å². The molecular formula is C19H22N2O3. The molecule has 0 spiro atoms. The van der Waals surface area contributed by atoms with Gasteiger partial charge in [-0.1, -0.05) is 6.07 Å². The lowest BCUT2D eigenvalue weighted by Crippen LogP contribution is -2.36. The molecular weight excluding hydrogens is 304 g/mol. The number of piperidine rings is 1. The maximum Gasteiger partial charge on any atom is 0.256 e. The number of amides is 1. The Morgan fingerprint density at radius 1 is 1.04 bits per heavy atom. The lowest BCUT2D eigenvalue weighted by atomic mass is 10.0. The molecule has 1 aromatic carbocycles. The highest BCUT2D eigenvalue weighted by Crippen LogP contribution is 2.38. The van der Waals surface area contributed by atoms with Crippen LogP contribution >= 0.6 is 0 Å². The van der Waals surface area contributed by atoms with Gasteiger partial charge in [-0.2, -0.15) is 0 Å². The predicted molar refractivity (Wildman–Crippen MR) is 92.5 cm³/mol. The monoisotopic (exact) mass is 326 g/mol. The van der Waals surface area contributed by atoms with Crippen molar-refractivity contribution in [2.45, 2.75) is 19.3 Å². The summed E-state index contributed by atoms with van der Waals surface area (Å²) in [6, 6.07) is 9.24. The Morgan fingerprint density at radius 3 is 2.54 bits per heavy atom. The summed E-state index contributed by atoms with van der Waals surface area (Å²) >= 11 is 0. The number of methoxy groups -OCH3 is 2. The van der Waals surface area contributed by atoms with E-state index in [0.717, 1.165) is 31.5 Å². The van der Waals surface area contributed by atoms with Crippen molar-refractivity contribution in [1.82, 2.24) is 9.88 Å². The van der Waals surface area contributed by atoms with Crippen LogP contribution < -0.4 is 9.47 Å². The first-order valence-corrected chi connectivity index (χ1v) is 8.22. The fourth-order valence-electron chi connectivity index (χ4n) is 3.13. The molecule has 1 fully saturated rings. The van der Waals surface area contributed by atoms with Gasteiger partial charge < -0.3 is 14.4 Å². The van der Waals surface area contributed by atoms with Crippen molar-refractivity contribution >= 4 is 5.91 Å². The van der Waals surface area contributed by atoms with Gasteiger partial charge >= 0.3 is 0 Å².